The van der Waals surface area contributed by atoms with Crippen molar-refractivity contribution in [1.29, 1.82) is 0 Å². The van der Waals surface area contributed by atoms with Crippen molar-refractivity contribution in [3.05, 3.63) is 52.8 Å². The zero-order valence-electron chi connectivity index (χ0n) is 35.3. The van der Waals surface area contributed by atoms with Gasteiger partial charge in [0, 0.05) is 87.3 Å². The van der Waals surface area contributed by atoms with Gasteiger partial charge in [-0.05, 0) is 27.0 Å². The number of ketones is 1. The van der Waals surface area contributed by atoms with E-state index >= 15 is 0 Å². The van der Waals surface area contributed by atoms with E-state index in [4.69, 9.17) is 18.9 Å². The number of aromatic hydroxyl groups is 3. The monoisotopic (exact) mass is 822 g/mol. The average Bonchev–Trinajstić information content (AvgIpc) is 3.46. The van der Waals surface area contributed by atoms with Gasteiger partial charge in [-0.2, -0.15) is 5.10 Å². The highest BCUT2D eigenvalue weighted by Gasteiger charge is 2.50. The fourth-order valence-electron chi connectivity index (χ4n) is 7.92. The Bertz CT molecular complexity index is 2070. The van der Waals surface area contributed by atoms with Gasteiger partial charge in [0.2, 0.25) is 0 Å². The Morgan fingerprint density at radius 1 is 0.949 bits per heavy atom. The molecule has 0 radical (unpaired) electrons. The summed E-state index contributed by atoms with van der Waals surface area (Å²) in [6.45, 7) is 15.1. The van der Waals surface area contributed by atoms with E-state index in [0.29, 0.717) is 13.1 Å². The van der Waals surface area contributed by atoms with E-state index in [1.807, 2.05) is 7.05 Å². The number of amides is 1. The Morgan fingerprint density at radius 2 is 1.61 bits per heavy atom. The van der Waals surface area contributed by atoms with E-state index in [-0.39, 0.29) is 44.5 Å². The van der Waals surface area contributed by atoms with E-state index in [2.05, 4.69) is 15.3 Å². The maximum Gasteiger partial charge on any atom is 0.312 e. The first kappa shape index (κ1) is 44.9. The number of hydrogen-bond donors (Lipinski definition) is 6. The molecular weight excluding hydrogens is 764 g/mol. The van der Waals surface area contributed by atoms with Crippen LogP contribution in [0.1, 0.15) is 70.0 Å². The summed E-state index contributed by atoms with van der Waals surface area (Å²) in [6.07, 6.45) is 4.86. The molecule has 4 heterocycles. The van der Waals surface area contributed by atoms with Gasteiger partial charge in [-0.1, -0.05) is 45.9 Å². The normalized spacial score (nSPS) is 30.1. The number of piperazine rings is 1. The zero-order chi connectivity index (χ0) is 43.7. The number of anilines is 1. The second-order valence-electron chi connectivity index (χ2n) is 16.1. The van der Waals surface area contributed by atoms with Crippen LogP contribution in [0.25, 0.3) is 10.8 Å². The highest BCUT2D eigenvalue weighted by Crippen LogP contribution is 2.55. The first-order valence-corrected chi connectivity index (χ1v) is 19.8. The summed E-state index contributed by atoms with van der Waals surface area (Å²) in [7, 11) is 3.42. The third-order valence-electron chi connectivity index (χ3n) is 11.9. The lowest BCUT2D eigenvalue weighted by Crippen LogP contribution is -2.46. The first-order chi connectivity index (χ1) is 27.7. The van der Waals surface area contributed by atoms with Crippen LogP contribution in [0.5, 0.6) is 23.0 Å². The Labute approximate surface area is 344 Å². The number of phenols is 3. The van der Waals surface area contributed by atoms with E-state index in [1.165, 1.54) is 59.4 Å². The van der Waals surface area contributed by atoms with Gasteiger partial charge >= 0.3 is 11.8 Å². The number of carbonyl (C=O) groups is 3. The number of hydrazone groups is 1. The van der Waals surface area contributed by atoms with E-state index in [0.717, 1.165) is 13.1 Å². The van der Waals surface area contributed by atoms with Crippen LogP contribution in [0.3, 0.4) is 0 Å². The van der Waals surface area contributed by atoms with Crippen LogP contribution >= 0.6 is 0 Å². The van der Waals surface area contributed by atoms with Gasteiger partial charge in [-0.15, -0.1) is 0 Å². The van der Waals surface area contributed by atoms with Crippen LogP contribution in [-0.4, -0.2) is 130 Å². The number of allylic oxidation sites excluding steroid dienone is 2. The number of aliphatic hydroxyl groups excluding tert-OH is 2. The summed E-state index contributed by atoms with van der Waals surface area (Å²) in [5.41, 5.74) is -0.350. The molecule has 0 saturated carbocycles. The number of rotatable bonds is 4. The highest BCUT2D eigenvalue weighted by atomic mass is 16.7. The second-order valence-corrected chi connectivity index (χ2v) is 16.1. The minimum absolute atomic E-state index is 0.0559. The van der Waals surface area contributed by atoms with Crippen molar-refractivity contribution in [2.45, 2.75) is 85.6 Å². The number of nitrogens with one attached hydrogen (secondary N) is 1. The number of ether oxygens (including phenoxy) is 4. The molecule has 2 aromatic rings. The molecule has 2 aromatic carbocycles. The molecule has 0 spiro atoms. The van der Waals surface area contributed by atoms with Gasteiger partial charge < -0.3 is 54.7 Å². The molecule has 1 saturated heterocycles. The first-order valence-electron chi connectivity index (χ1n) is 19.8. The largest absolute Gasteiger partial charge is 0.507 e. The summed E-state index contributed by atoms with van der Waals surface area (Å²) in [6, 6.07) is 0. The quantitative estimate of drug-likeness (QED) is 0.109. The van der Waals surface area contributed by atoms with Crippen LogP contribution in [0.2, 0.25) is 0 Å². The summed E-state index contributed by atoms with van der Waals surface area (Å²) in [5, 5.41) is 66.8. The maximum absolute atomic E-state index is 14.4. The van der Waals surface area contributed by atoms with Crippen LogP contribution in [0, 0.1) is 30.6 Å². The van der Waals surface area contributed by atoms with Gasteiger partial charge in [0.1, 0.15) is 23.4 Å². The molecule has 5 bridgehead atoms. The fourth-order valence-corrected chi connectivity index (χ4v) is 7.92. The van der Waals surface area contributed by atoms with Crippen LogP contribution in [-0.2, 0) is 23.8 Å². The molecular formula is C43H58N4O12. The molecule has 4 aliphatic rings. The third kappa shape index (κ3) is 8.91. The number of methoxy groups -OCH3 is 1. The van der Waals surface area contributed by atoms with Gasteiger partial charge in [0.15, 0.2) is 5.75 Å². The van der Waals surface area contributed by atoms with Crippen LogP contribution < -0.4 is 10.1 Å². The summed E-state index contributed by atoms with van der Waals surface area (Å²) >= 11 is 0. The number of carbonyl (C=O) groups excluding carboxylic acids is 3. The molecule has 16 heteroatoms. The Hall–Kier alpha value is -5.16. The molecule has 1 amide bonds. The molecule has 0 aromatic heterocycles. The van der Waals surface area contributed by atoms with E-state index < -0.39 is 88.8 Å². The SMILES string of the molecule is CO[C@H]1C=CO[C@@]2(C)Oc3c(C)c(O)c4c(O)c(c(C=NN5CCN(C)CC5)c(O)c4c3C2=O)NC(=O)C(C)=CC=CC(C)[C@H](O)[C@@H](C)[C@@H](O)[C@@H](C)[C@@H](OC(C)=O)[C@H]1C. The molecule has 6 N–H and O–H groups in total. The third-order valence-corrected chi connectivity index (χ3v) is 11.9. The van der Waals surface area contributed by atoms with E-state index in [1.54, 1.807) is 44.9 Å². The maximum atomic E-state index is 14.4. The number of likely N-dealkylation sites (N-methyl/N-ethyl adjacent to an activating group) is 1. The number of benzene rings is 2. The summed E-state index contributed by atoms with van der Waals surface area (Å²) in [4.78, 5) is 42.6. The number of Topliss-reactive ketones (excluding diaryl/α,β-unsaturated/α-hetero) is 1. The number of aliphatic hydroxyl groups is 2. The lowest BCUT2D eigenvalue weighted by molar-refractivity contribution is -0.160. The van der Waals surface area contributed by atoms with Crippen molar-refractivity contribution in [2.24, 2.45) is 28.8 Å². The Kier molecular flexibility index (Phi) is 13.7. The predicted octanol–water partition coefficient (Wildman–Crippen LogP) is 4.34. The predicted molar refractivity (Wildman–Crippen MR) is 220 cm³/mol. The van der Waals surface area contributed by atoms with Crippen LogP contribution in [0.15, 0.2) is 41.2 Å². The topological polar surface area (TPSA) is 220 Å². The Balaban J connectivity index is 1.70. The van der Waals surface area contributed by atoms with Gasteiger partial charge in [0.05, 0.1) is 53.0 Å². The molecule has 1 fully saturated rings. The molecule has 4 aliphatic heterocycles. The van der Waals surface area contributed by atoms with Crippen molar-refractivity contribution in [3.63, 3.8) is 0 Å². The summed E-state index contributed by atoms with van der Waals surface area (Å²) in [5.74, 6) is -8.34. The number of hydrogen-bond acceptors (Lipinski definition) is 15. The molecule has 59 heavy (non-hydrogen) atoms. The fraction of sp³-hybridized carbons (Fsp3) is 0.535. The van der Waals surface area contributed by atoms with Gasteiger partial charge in [0.25, 0.3) is 11.7 Å². The molecule has 0 aliphatic carbocycles. The van der Waals surface area contributed by atoms with Crippen molar-refractivity contribution in [3.8, 4) is 23.0 Å². The van der Waals surface area contributed by atoms with E-state index in [9.17, 15) is 39.9 Å². The second kappa shape index (κ2) is 18.0. The number of esters is 1. The minimum atomic E-state index is -2.04. The molecule has 9 atom stereocenters. The van der Waals surface area contributed by atoms with Gasteiger partial charge in [-0.3, -0.25) is 19.4 Å². The minimum Gasteiger partial charge on any atom is -0.507 e. The Morgan fingerprint density at radius 3 is 2.24 bits per heavy atom. The van der Waals surface area contributed by atoms with Crippen molar-refractivity contribution in [2.75, 3.05) is 45.7 Å². The van der Waals surface area contributed by atoms with Gasteiger partial charge in [-0.25, -0.2) is 0 Å². The standard InChI is InChI=1S/C43H58N4O12/c1-21-12-11-13-22(2)42(55)45-33-28(20-44-47-17-15-46(9)16-18-47)37(52)30-31(38(33)53)36(51)26(6)40-32(30)41(54)43(8,59-40)57-19-14-29(56-10)23(3)39(58-27(7)48)25(5)35(50)24(4)34(21)49/h11-14,19-21,23-25,29,34-35,39,49-53H,15-18H2,1-10H3,(H,45,55)/t21?,23-,24+,25+,29-,34-,35+,39-,43-/m0/s1. The summed E-state index contributed by atoms with van der Waals surface area (Å²) < 4.78 is 23.6. The van der Waals surface area contributed by atoms with Crippen molar-refractivity contribution >= 4 is 40.3 Å². The molecule has 16 nitrogen and oxygen atoms in total. The van der Waals surface area contributed by atoms with Crippen molar-refractivity contribution in [1.82, 2.24) is 9.91 Å². The van der Waals surface area contributed by atoms with Crippen molar-refractivity contribution < 1.29 is 58.9 Å². The molecule has 6 rings (SSSR count). The highest BCUT2D eigenvalue weighted by molar-refractivity contribution is 6.23. The average molecular weight is 823 g/mol. The zero-order valence-corrected chi connectivity index (χ0v) is 35.3. The molecule has 1 unspecified atom stereocenters. The number of phenolic OH excluding ortho intramolecular Hbond substituents is 3. The smallest absolute Gasteiger partial charge is 0.312 e. The van der Waals surface area contributed by atoms with Crippen LogP contribution in [0.4, 0.5) is 5.69 Å². The lowest BCUT2D eigenvalue weighted by Gasteiger charge is -2.38. The number of fused-ring (bicyclic) bond motifs is 14. The molecule has 322 valence electrons. The lowest BCUT2D eigenvalue weighted by atomic mass is 9.78. The number of nitrogens with zero attached hydrogens (tertiary/aromatic N) is 3.